The van der Waals surface area contributed by atoms with Crippen molar-refractivity contribution in [2.45, 2.75) is 25.4 Å². The van der Waals surface area contributed by atoms with Crippen LogP contribution in [0.3, 0.4) is 0 Å². The number of benzene rings is 1. The van der Waals surface area contributed by atoms with Crippen LogP contribution in [0.1, 0.15) is 30.9 Å². The quantitative estimate of drug-likeness (QED) is 0.860. The highest BCUT2D eigenvalue weighted by molar-refractivity contribution is 9.10. The molecule has 70 valence electrons. The fourth-order valence-corrected chi connectivity index (χ4v) is 2.09. The summed E-state index contributed by atoms with van der Waals surface area (Å²) < 4.78 is 1.02. The Balaban J connectivity index is 2.09. The summed E-state index contributed by atoms with van der Waals surface area (Å²) >= 11 is 3.45. The lowest BCUT2D eigenvalue weighted by Crippen LogP contribution is -1.99. The molecule has 1 aromatic carbocycles. The molecule has 0 heterocycles. The minimum absolute atomic E-state index is 0.289. The van der Waals surface area contributed by atoms with E-state index in [0.717, 1.165) is 22.4 Å². The number of aliphatic hydroxyl groups is 1. The zero-order valence-corrected chi connectivity index (χ0v) is 9.00. The Bertz CT molecular complexity index is 294. The monoisotopic (exact) mass is 240 g/mol. The highest BCUT2D eigenvalue weighted by atomic mass is 79.9. The number of hydrogen-bond acceptors (Lipinski definition) is 1. The fourth-order valence-electron chi connectivity index (χ4n) is 1.54. The van der Waals surface area contributed by atoms with Gasteiger partial charge >= 0.3 is 0 Å². The molecule has 0 saturated heterocycles. The third-order valence-corrected chi connectivity index (χ3v) is 3.24. The lowest BCUT2D eigenvalue weighted by molar-refractivity contribution is 0.159. The maximum absolute atomic E-state index is 9.88. The molecule has 0 aliphatic heterocycles. The number of aliphatic hydroxyl groups excluding tert-OH is 1. The minimum atomic E-state index is -0.289. The largest absolute Gasteiger partial charge is 0.388 e. The van der Waals surface area contributed by atoms with Crippen LogP contribution in [0.4, 0.5) is 0 Å². The van der Waals surface area contributed by atoms with Crippen molar-refractivity contribution >= 4 is 15.9 Å². The van der Waals surface area contributed by atoms with Crippen LogP contribution in [-0.2, 0) is 0 Å². The molecule has 1 atom stereocenters. The normalized spacial score (nSPS) is 18.6. The minimum Gasteiger partial charge on any atom is -0.388 e. The van der Waals surface area contributed by atoms with Crippen molar-refractivity contribution in [3.8, 4) is 0 Å². The molecule has 1 saturated carbocycles. The summed E-state index contributed by atoms with van der Waals surface area (Å²) in [6.45, 7) is 0. The van der Waals surface area contributed by atoms with Crippen molar-refractivity contribution in [3.05, 3.63) is 34.3 Å². The predicted octanol–water partition coefficient (Wildman–Crippen LogP) is 3.28. The summed E-state index contributed by atoms with van der Waals surface area (Å²) in [6.07, 6.45) is 3.22. The predicted molar refractivity (Wildman–Crippen MR) is 56.4 cm³/mol. The first-order valence-corrected chi connectivity index (χ1v) is 5.49. The SMILES string of the molecule is OC(CC1CC1)c1ccccc1Br. The maximum Gasteiger partial charge on any atom is 0.0803 e. The average molecular weight is 241 g/mol. The van der Waals surface area contributed by atoms with Crippen LogP contribution in [0.25, 0.3) is 0 Å². The van der Waals surface area contributed by atoms with Crippen LogP contribution in [0, 0.1) is 5.92 Å². The molecule has 0 spiro atoms. The van der Waals surface area contributed by atoms with E-state index in [1.165, 1.54) is 12.8 Å². The van der Waals surface area contributed by atoms with E-state index >= 15 is 0 Å². The van der Waals surface area contributed by atoms with Gasteiger partial charge in [-0.3, -0.25) is 0 Å². The molecule has 1 aliphatic rings. The molecule has 1 N–H and O–H groups in total. The Morgan fingerprint density at radius 2 is 2.08 bits per heavy atom. The van der Waals surface area contributed by atoms with Crippen molar-refractivity contribution in [3.63, 3.8) is 0 Å². The van der Waals surface area contributed by atoms with E-state index in [2.05, 4.69) is 15.9 Å². The van der Waals surface area contributed by atoms with Gasteiger partial charge in [0, 0.05) is 4.47 Å². The summed E-state index contributed by atoms with van der Waals surface area (Å²) in [7, 11) is 0. The second kappa shape index (κ2) is 3.81. The Morgan fingerprint density at radius 3 is 2.69 bits per heavy atom. The van der Waals surface area contributed by atoms with Crippen molar-refractivity contribution in [1.29, 1.82) is 0 Å². The van der Waals surface area contributed by atoms with Gasteiger partial charge in [-0.05, 0) is 24.0 Å². The van der Waals surface area contributed by atoms with Gasteiger partial charge in [-0.1, -0.05) is 47.0 Å². The Kier molecular flexibility index (Phi) is 2.70. The standard InChI is InChI=1S/C11H13BrO/c12-10-4-2-1-3-9(10)11(13)7-8-5-6-8/h1-4,8,11,13H,5-7H2. The van der Waals surface area contributed by atoms with Crippen LogP contribution < -0.4 is 0 Å². The van der Waals surface area contributed by atoms with E-state index in [4.69, 9.17) is 0 Å². The van der Waals surface area contributed by atoms with E-state index in [1.807, 2.05) is 24.3 Å². The topological polar surface area (TPSA) is 20.2 Å². The second-order valence-electron chi connectivity index (χ2n) is 3.72. The number of hydrogen-bond donors (Lipinski definition) is 1. The van der Waals surface area contributed by atoms with Crippen LogP contribution >= 0.6 is 15.9 Å². The molecule has 2 heteroatoms. The zero-order chi connectivity index (χ0) is 9.26. The molecule has 13 heavy (non-hydrogen) atoms. The van der Waals surface area contributed by atoms with E-state index in [-0.39, 0.29) is 6.10 Å². The fraction of sp³-hybridized carbons (Fsp3) is 0.455. The van der Waals surface area contributed by atoms with Crippen molar-refractivity contribution < 1.29 is 5.11 Å². The Hall–Kier alpha value is -0.340. The molecular weight excluding hydrogens is 228 g/mol. The van der Waals surface area contributed by atoms with Gasteiger partial charge in [-0.15, -0.1) is 0 Å². The van der Waals surface area contributed by atoms with Gasteiger partial charge in [0.15, 0.2) is 0 Å². The molecule has 2 rings (SSSR count). The van der Waals surface area contributed by atoms with Gasteiger partial charge < -0.3 is 5.11 Å². The first-order chi connectivity index (χ1) is 6.27. The maximum atomic E-state index is 9.88. The van der Waals surface area contributed by atoms with Crippen LogP contribution in [0.15, 0.2) is 28.7 Å². The summed E-state index contributed by atoms with van der Waals surface area (Å²) in [5.41, 5.74) is 1.02. The third kappa shape index (κ3) is 2.32. The molecule has 0 aromatic heterocycles. The number of rotatable bonds is 3. The summed E-state index contributed by atoms with van der Waals surface area (Å²) in [4.78, 5) is 0. The van der Waals surface area contributed by atoms with E-state index in [1.54, 1.807) is 0 Å². The zero-order valence-electron chi connectivity index (χ0n) is 7.41. The van der Waals surface area contributed by atoms with Crippen molar-refractivity contribution in [2.24, 2.45) is 5.92 Å². The van der Waals surface area contributed by atoms with Gasteiger partial charge in [-0.25, -0.2) is 0 Å². The summed E-state index contributed by atoms with van der Waals surface area (Å²) in [6, 6.07) is 7.90. The van der Waals surface area contributed by atoms with Gasteiger partial charge in [-0.2, -0.15) is 0 Å². The molecule has 1 nitrogen and oxygen atoms in total. The highest BCUT2D eigenvalue weighted by Gasteiger charge is 2.25. The van der Waals surface area contributed by atoms with Crippen molar-refractivity contribution in [2.75, 3.05) is 0 Å². The average Bonchev–Trinajstić information content (AvgIpc) is 2.89. The second-order valence-corrected chi connectivity index (χ2v) is 4.57. The number of halogens is 1. The molecule has 1 fully saturated rings. The van der Waals surface area contributed by atoms with E-state index in [9.17, 15) is 5.11 Å². The summed E-state index contributed by atoms with van der Waals surface area (Å²) in [5.74, 6) is 0.766. The summed E-state index contributed by atoms with van der Waals surface area (Å²) in [5, 5.41) is 9.88. The molecule has 1 aromatic rings. The molecule has 1 unspecified atom stereocenters. The Labute approximate surface area is 86.9 Å². The van der Waals surface area contributed by atoms with Crippen LogP contribution in [-0.4, -0.2) is 5.11 Å². The Morgan fingerprint density at radius 1 is 1.38 bits per heavy atom. The molecule has 1 aliphatic carbocycles. The highest BCUT2D eigenvalue weighted by Crippen LogP contribution is 2.38. The smallest absolute Gasteiger partial charge is 0.0803 e. The van der Waals surface area contributed by atoms with E-state index < -0.39 is 0 Å². The third-order valence-electron chi connectivity index (χ3n) is 2.52. The van der Waals surface area contributed by atoms with E-state index in [0.29, 0.717) is 0 Å². The first kappa shape index (κ1) is 9.22. The molecule has 0 radical (unpaired) electrons. The first-order valence-electron chi connectivity index (χ1n) is 4.70. The lowest BCUT2D eigenvalue weighted by atomic mass is 10.0. The molecule has 0 bridgehead atoms. The van der Waals surface area contributed by atoms with Crippen LogP contribution in [0.5, 0.6) is 0 Å². The molecular formula is C11H13BrO. The van der Waals surface area contributed by atoms with Gasteiger partial charge in [0.2, 0.25) is 0 Å². The van der Waals surface area contributed by atoms with Gasteiger partial charge in [0.1, 0.15) is 0 Å². The van der Waals surface area contributed by atoms with Crippen molar-refractivity contribution in [1.82, 2.24) is 0 Å². The van der Waals surface area contributed by atoms with Crippen LogP contribution in [0.2, 0.25) is 0 Å². The molecule has 0 amide bonds. The van der Waals surface area contributed by atoms with Gasteiger partial charge in [0.05, 0.1) is 6.10 Å². The van der Waals surface area contributed by atoms with Gasteiger partial charge in [0.25, 0.3) is 0 Å². The lowest BCUT2D eigenvalue weighted by Gasteiger charge is -2.11.